The summed E-state index contributed by atoms with van der Waals surface area (Å²) < 4.78 is 10.8. The first-order chi connectivity index (χ1) is 7.74. The molecule has 0 radical (unpaired) electrons. The maximum Gasteiger partial charge on any atom is 0.125 e. The van der Waals surface area contributed by atoms with Gasteiger partial charge in [-0.2, -0.15) is 0 Å². The van der Waals surface area contributed by atoms with E-state index in [1.54, 1.807) is 7.11 Å². The average Bonchev–Trinajstić information content (AvgIpc) is 2.48. The molecule has 0 fully saturated rings. The number of nitrogens with one attached hydrogen (secondary N) is 1. The van der Waals surface area contributed by atoms with Crippen LogP contribution in [-0.4, -0.2) is 31.9 Å². The Hall–Kier alpha value is -1.26. The normalized spacial score (nSPS) is 24.2. The highest BCUT2D eigenvalue weighted by Crippen LogP contribution is 2.34. The molecule has 88 valence electrons. The van der Waals surface area contributed by atoms with Crippen molar-refractivity contribution in [3.63, 3.8) is 0 Å². The van der Waals surface area contributed by atoms with Gasteiger partial charge >= 0.3 is 0 Å². The lowest BCUT2D eigenvalue weighted by molar-refractivity contribution is 0.153. The molecule has 1 aliphatic heterocycles. The fraction of sp³-hybridized carbons (Fsp3) is 0.500. The number of aliphatic hydroxyl groups excluding tert-OH is 1. The van der Waals surface area contributed by atoms with E-state index >= 15 is 0 Å². The highest BCUT2D eigenvalue weighted by molar-refractivity contribution is 5.42. The zero-order chi connectivity index (χ0) is 11.5. The lowest BCUT2D eigenvalue weighted by atomic mass is 10.0. The molecule has 0 amide bonds. The smallest absolute Gasteiger partial charge is 0.125 e. The van der Waals surface area contributed by atoms with Crippen molar-refractivity contribution >= 4 is 0 Å². The lowest BCUT2D eigenvalue weighted by Gasteiger charge is -2.14. The second-order valence-corrected chi connectivity index (χ2v) is 3.95. The minimum Gasteiger partial charge on any atom is -0.497 e. The van der Waals surface area contributed by atoms with Crippen LogP contribution in [0.4, 0.5) is 0 Å². The van der Waals surface area contributed by atoms with Crippen LogP contribution in [0.25, 0.3) is 0 Å². The Labute approximate surface area is 95.2 Å². The van der Waals surface area contributed by atoms with Gasteiger partial charge in [-0.3, -0.25) is 0 Å². The summed E-state index contributed by atoms with van der Waals surface area (Å²) in [7, 11) is 3.49. The molecule has 2 atom stereocenters. The summed E-state index contributed by atoms with van der Waals surface area (Å²) in [5, 5.41) is 13.2. The van der Waals surface area contributed by atoms with E-state index < -0.39 is 6.10 Å². The third-order valence-electron chi connectivity index (χ3n) is 2.93. The largest absolute Gasteiger partial charge is 0.497 e. The summed E-state index contributed by atoms with van der Waals surface area (Å²) in [6, 6.07) is 5.69. The molecule has 0 saturated heterocycles. The van der Waals surface area contributed by atoms with E-state index in [0.29, 0.717) is 13.0 Å². The molecular weight excluding hydrogens is 206 g/mol. The number of aliphatic hydroxyl groups is 1. The van der Waals surface area contributed by atoms with E-state index in [4.69, 9.17) is 9.47 Å². The monoisotopic (exact) mass is 223 g/mol. The Kier molecular flexibility index (Phi) is 3.31. The molecule has 2 rings (SSSR count). The Morgan fingerprint density at radius 1 is 1.50 bits per heavy atom. The molecule has 4 heteroatoms. The molecule has 0 unspecified atom stereocenters. The Bertz CT molecular complexity index is 367. The zero-order valence-corrected chi connectivity index (χ0v) is 9.56. The maximum absolute atomic E-state index is 10.1. The summed E-state index contributed by atoms with van der Waals surface area (Å²) in [4.78, 5) is 0. The molecule has 16 heavy (non-hydrogen) atoms. The van der Waals surface area contributed by atoms with Gasteiger partial charge in [0.15, 0.2) is 0 Å². The van der Waals surface area contributed by atoms with Crippen LogP contribution < -0.4 is 14.8 Å². The van der Waals surface area contributed by atoms with Crippen LogP contribution in [0.2, 0.25) is 0 Å². The first-order valence-corrected chi connectivity index (χ1v) is 5.40. The highest BCUT2D eigenvalue weighted by atomic mass is 16.5. The zero-order valence-electron chi connectivity index (χ0n) is 9.56. The van der Waals surface area contributed by atoms with Gasteiger partial charge in [-0.1, -0.05) is 0 Å². The van der Waals surface area contributed by atoms with Crippen molar-refractivity contribution in [1.29, 1.82) is 0 Å². The highest BCUT2D eigenvalue weighted by Gasteiger charge is 2.23. The van der Waals surface area contributed by atoms with Crippen LogP contribution >= 0.6 is 0 Å². The average molecular weight is 223 g/mol. The number of rotatable bonds is 2. The van der Waals surface area contributed by atoms with Gasteiger partial charge in [0.1, 0.15) is 18.1 Å². The predicted molar refractivity (Wildman–Crippen MR) is 60.9 cm³/mol. The molecule has 0 aromatic heterocycles. The maximum atomic E-state index is 10.1. The summed E-state index contributed by atoms with van der Waals surface area (Å²) >= 11 is 0. The van der Waals surface area contributed by atoms with Gasteiger partial charge in [-0.05, 0) is 31.7 Å². The van der Waals surface area contributed by atoms with Crippen LogP contribution in [0.1, 0.15) is 18.1 Å². The molecule has 1 aliphatic rings. The molecule has 1 heterocycles. The van der Waals surface area contributed by atoms with Gasteiger partial charge in [0.2, 0.25) is 0 Å². The second kappa shape index (κ2) is 4.72. The van der Waals surface area contributed by atoms with Gasteiger partial charge in [0, 0.05) is 11.6 Å². The Morgan fingerprint density at radius 3 is 3.00 bits per heavy atom. The molecule has 0 aliphatic carbocycles. The lowest BCUT2D eigenvalue weighted by Crippen LogP contribution is -2.31. The van der Waals surface area contributed by atoms with E-state index in [0.717, 1.165) is 17.1 Å². The van der Waals surface area contributed by atoms with Crippen LogP contribution in [0.15, 0.2) is 18.2 Å². The summed E-state index contributed by atoms with van der Waals surface area (Å²) in [6.07, 6.45) is 0.140. The molecule has 0 saturated carbocycles. The van der Waals surface area contributed by atoms with Crippen molar-refractivity contribution in [2.75, 3.05) is 20.8 Å². The molecular formula is C12H17NO3. The van der Waals surface area contributed by atoms with Crippen LogP contribution in [0, 0.1) is 0 Å². The first-order valence-electron chi connectivity index (χ1n) is 5.40. The van der Waals surface area contributed by atoms with Gasteiger partial charge in [0.25, 0.3) is 0 Å². The summed E-state index contributed by atoms with van der Waals surface area (Å²) in [6.45, 7) is 0.576. The van der Waals surface area contributed by atoms with Crippen LogP contribution in [0.5, 0.6) is 11.5 Å². The summed E-state index contributed by atoms with van der Waals surface area (Å²) in [5.74, 6) is 1.48. The van der Waals surface area contributed by atoms with Crippen molar-refractivity contribution in [1.82, 2.24) is 5.32 Å². The number of methoxy groups -OCH3 is 1. The molecule has 4 nitrogen and oxygen atoms in total. The number of fused-ring (bicyclic) bond motifs is 1. The van der Waals surface area contributed by atoms with Crippen LogP contribution in [0.3, 0.4) is 0 Å². The standard InChI is InChI=1S/C12H17NO3/c1-13-8-5-11(14)10-6-9(15-2)3-4-12(10)16-7-8/h3-4,6,8,11,13-14H,5,7H2,1-2H3/t8-,11+/m1/s1. The fourth-order valence-corrected chi connectivity index (χ4v) is 1.90. The molecule has 1 aromatic rings. The predicted octanol–water partition coefficient (Wildman–Crippen LogP) is 1.10. The second-order valence-electron chi connectivity index (χ2n) is 3.95. The van der Waals surface area contributed by atoms with Gasteiger partial charge in [0.05, 0.1) is 13.2 Å². The van der Waals surface area contributed by atoms with Crippen molar-refractivity contribution in [2.45, 2.75) is 18.6 Å². The van der Waals surface area contributed by atoms with Gasteiger partial charge < -0.3 is 19.9 Å². The number of benzene rings is 1. The van der Waals surface area contributed by atoms with E-state index in [-0.39, 0.29) is 6.04 Å². The van der Waals surface area contributed by atoms with Crippen molar-refractivity contribution < 1.29 is 14.6 Å². The molecule has 0 spiro atoms. The van der Waals surface area contributed by atoms with Crippen LogP contribution in [-0.2, 0) is 0 Å². The molecule has 0 bridgehead atoms. The number of likely N-dealkylation sites (N-methyl/N-ethyl adjacent to an activating group) is 1. The first kappa shape index (κ1) is 11.2. The minimum absolute atomic E-state index is 0.174. The summed E-state index contributed by atoms with van der Waals surface area (Å²) in [5.41, 5.74) is 0.803. The van der Waals surface area contributed by atoms with Crippen molar-refractivity contribution in [3.05, 3.63) is 23.8 Å². The van der Waals surface area contributed by atoms with Gasteiger partial charge in [-0.15, -0.1) is 0 Å². The van der Waals surface area contributed by atoms with Crippen molar-refractivity contribution in [2.24, 2.45) is 0 Å². The quantitative estimate of drug-likeness (QED) is 0.788. The van der Waals surface area contributed by atoms with E-state index in [2.05, 4.69) is 5.32 Å². The Morgan fingerprint density at radius 2 is 2.31 bits per heavy atom. The Balaban J connectivity index is 2.30. The van der Waals surface area contributed by atoms with E-state index in [1.165, 1.54) is 0 Å². The molecule has 1 aromatic carbocycles. The van der Waals surface area contributed by atoms with Crippen molar-refractivity contribution in [3.8, 4) is 11.5 Å². The number of ether oxygens (including phenoxy) is 2. The third kappa shape index (κ3) is 2.13. The van der Waals surface area contributed by atoms with E-state index in [9.17, 15) is 5.11 Å². The number of hydrogen-bond donors (Lipinski definition) is 2. The van der Waals surface area contributed by atoms with Gasteiger partial charge in [-0.25, -0.2) is 0 Å². The number of hydrogen-bond acceptors (Lipinski definition) is 4. The minimum atomic E-state index is -0.509. The third-order valence-corrected chi connectivity index (χ3v) is 2.93. The molecule has 2 N–H and O–H groups in total. The van der Waals surface area contributed by atoms with E-state index in [1.807, 2.05) is 25.2 Å². The SMILES string of the molecule is CN[C@H]1COc2ccc(OC)cc2[C@@H](O)C1. The fourth-order valence-electron chi connectivity index (χ4n) is 1.90. The topological polar surface area (TPSA) is 50.7 Å².